The van der Waals surface area contributed by atoms with E-state index in [0.29, 0.717) is 0 Å². The van der Waals surface area contributed by atoms with Crippen LogP contribution in [0.2, 0.25) is 0 Å². The van der Waals surface area contributed by atoms with E-state index in [9.17, 15) is 10.2 Å². The first kappa shape index (κ1) is 23.9. The highest BCUT2D eigenvalue weighted by Gasteiger charge is 2.44. The van der Waals surface area contributed by atoms with E-state index in [-0.39, 0.29) is 12.0 Å². The normalized spacial score (nSPS) is 14.8. The van der Waals surface area contributed by atoms with Crippen molar-refractivity contribution < 1.29 is 10.2 Å². The number of hydrogen-bond donors (Lipinski definition) is 2. The zero-order valence-electron chi connectivity index (χ0n) is 17.2. The van der Waals surface area contributed by atoms with Gasteiger partial charge in [0.2, 0.25) is 0 Å². The second kappa shape index (κ2) is 14.1. The molecular formula is C22H46O2. The molecule has 0 bridgehead atoms. The third kappa shape index (κ3) is 8.85. The summed E-state index contributed by atoms with van der Waals surface area (Å²) in [7, 11) is 0. The van der Waals surface area contributed by atoms with Crippen molar-refractivity contribution in [1.29, 1.82) is 0 Å². The van der Waals surface area contributed by atoms with Crippen LogP contribution < -0.4 is 0 Å². The molecule has 1 atom stereocenters. The summed E-state index contributed by atoms with van der Waals surface area (Å²) in [5, 5.41) is 21.3. The van der Waals surface area contributed by atoms with Gasteiger partial charge in [0.1, 0.15) is 0 Å². The number of rotatable bonds is 17. The first-order valence-corrected chi connectivity index (χ1v) is 10.8. The smallest absolute Gasteiger partial charge is 0.0722 e. The van der Waals surface area contributed by atoms with Gasteiger partial charge in [-0.2, -0.15) is 0 Å². The van der Waals surface area contributed by atoms with Gasteiger partial charge in [-0.25, -0.2) is 0 Å². The third-order valence-electron chi connectivity index (χ3n) is 6.14. The summed E-state index contributed by atoms with van der Waals surface area (Å²) < 4.78 is 0. The van der Waals surface area contributed by atoms with Crippen LogP contribution in [0.25, 0.3) is 0 Å². The number of hydrogen-bond acceptors (Lipinski definition) is 2. The summed E-state index contributed by atoms with van der Waals surface area (Å²) in [6.07, 6.45) is 17.5. The Morgan fingerprint density at radius 2 is 1.00 bits per heavy atom. The van der Waals surface area contributed by atoms with E-state index in [1.54, 1.807) is 0 Å². The molecule has 0 saturated carbocycles. The molecule has 0 amide bonds. The minimum absolute atomic E-state index is 0.0890. The standard InChI is InChI=1S/C22H46O2/c1-5-8-10-12-14-16-18-22(24,21(4,7-3)20-23)19-17-15-13-11-9-6-2/h23-24H,5-20H2,1-4H3. The fourth-order valence-corrected chi connectivity index (χ4v) is 3.71. The van der Waals surface area contributed by atoms with E-state index in [1.807, 2.05) is 0 Å². The van der Waals surface area contributed by atoms with Gasteiger partial charge in [-0.05, 0) is 19.3 Å². The zero-order valence-corrected chi connectivity index (χ0v) is 17.2. The van der Waals surface area contributed by atoms with Crippen LogP contribution in [0.15, 0.2) is 0 Å². The van der Waals surface area contributed by atoms with Crippen LogP contribution in [0.1, 0.15) is 124 Å². The van der Waals surface area contributed by atoms with Gasteiger partial charge < -0.3 is 10.2 Å². The average Bonchev–Trinajstić information content (AvgIpc) is 2.60. The lowest BCUT2D eigenvalue weighted by molar-refractivity contribution is -0.115. The number of aliphatic hydroxyl groups is 2. The molecule has 0 aromatic heterocycles. The molecule has 0 saturated heterocycles. The fraction of sp³-hybridized carbons (Fsp3) is 1.00. The van der Waals surface area contributed by atoms with Crippen LogP contribution in [0.5, 0.6) is 0 Å². The Labute approximate surface area is 152 Å². The van der Waals surface area contributed by atoms with Gasteiger partial charge >= 0.3 is 0 Å². The summed E-state index contributed by atoms with van der Waals surface area (Å²) in [6.45, 7) is 8.75. The summed E-state index contributed by atoms with van der Waals surface area (Å²) in [6, 6.07) is 0. The maximum Gasteiger partial charge on any atom is 0.0722 e. The Bertz CT molecular complexity index is 255. The molecule has 0 aromatic carbocycles. The van der Waals surface area contributed by atoms with Gasteiger partial charge in [0.25, 0.3) is 0 Å². The van der Waals surface area contributed by atoms with E-state index >= 15 is 0 Å². The number of aliphatic hydroxyl groups excluding tert-OH is 1. The molecule has 0 spiro atoms. The SMILES string of the molecule is CCCCCCCCC(O)(CCCCCCCC)C(C)(CC)CO. The van der Waals surface area contributed by atoms with Crippen LogP contribution in [0, 0.1) is 5.41 Å². The average molecular weight is 343 g/mol. The Kier molecular flexibility index (Phi) is 14.1. The largest absolute Gasteiger partial charge is 0.396 e. The van der Waals surface area contributed by atoms with Crippen molar-refractivity contribution in [1.82, 2.24) is 0 Å². The molecule has 0 fully saturated rings. The van der Waals surface area contributed by atoms with Crippen LogP contribution in [0.4, 0.5) is 0 Å². The van der Waals surface area contributed by atoms with Crippen molar-refractivity contribution in [2.24, 2.45) is 5.41 Å². The number of unbranched alkanes of at least 4 members (excludes halogenated alkanes) is 10. The lowest BCUT2D eigenvalue weighted by atomic mass is 9.67. The molecule has 0 aliphatic rings. The molecule has 2 N–H and O–H groups in total. The molecule has 0 aliphatic carbocycles. The van der Waals surface area contributed by atoms with E-state index in [0.717, 1.165) is 32.1 Å². The second-order valence-corrected chi connectivity index (χ2v) is 8.14. The lowest BCUT2D eigenvalue weighted by Gasteiger charge is -2.44. The zero-order chi connectivity index (χ0) is 18.3. The van der Waals surface area contributed by atoms with Crippen molar-refractivity contribution in [3.05, 3.63) is 0 Å². The molecule has 24 heavy (non-hydrogen) atoms. The Hall–Kier alpha value is -0.0800. The monoisotopic (exact) mass is 342 g/mol. The predicted octanol–water partition coefficient (Wildman–Crippen LogP) is 6.63. The first-order chi connectivity index (χ1) is 11.5. The predicted molar refractivity (Wildman–Crippen MR) is 106 cm³/mol. The molecule has 0 heterocycles. The topological polar surface area (TPSA) is 40.5 Å². The van der Waals surface area contributed by atoms with Crippen molar-refractivity contribution in [2.45, 2.75) is 130 Å². The van der Waals surface area contributed by atoms with Crippen LogP contribution in [0.3, 0.4) is 0 Å². The highest BCUT2D eigenvalue weighted by atomic mass is 16.3. The van der Waals surface area contributed by atoms with E-state index in [2.05, 4.69) is 27.7 Å². The summed E-state index contributed by atoms with van der Waals surface area (Å²) in [5.41, 5.74) is -1.06. The molecule has 1 unspecified atom stereocenters. The molecule has 2 heteroatoms. The summed E-state index contributed by atoms with van der Waals surface area (Å²) in [5.74, 6) is 0. The Balaban J connectivity index is 4.39. The molecule has 2 nitrogen and oxygen atoms in total. The van der Waals surface area contributed by atoms with Gasteiger partial charge in [-0.15, -0.1) is 0 Å². The van der Waals surface area contributed by atoms with E-state index in [4.69, 9.17) is 0 Å². The van der Waals surface area contributed by atoms with Gasteiger partial charge in [-0.1, -0.05) is 105 Å². The minimum Gasteiger partial charge on any atom is -0.396 e. The molecule has 0 aliphatic heterocycles. The maximum absolute atomic E-state index is 11.4. The second-order valence-electron chi connectivity index (χ2n) is 8.14. The molecular weight excluding hydrogens is 296 g/mol. The fourth-order valence-electron chi connectivity index (χ4n) is 3.71. The highest BCUT2D eigenvalue weighted by molar-refractivity contribution is 4.95. The maximum atomic E-state index is 11.4. The van der Waals surface area contributed by atoms with Crippen LogP contribution >= 0.6 is 0 Å². The van der Waals surface area contributed by atoms with Gasteiger partial charge in [-0.3, -0.25) is 0 Å². The summed E-state index contributed by atoms with van der Waals surface area (Å²) in [4.78, 5) is 0. The molecule has 0 rings (SSSR count). The molecule has 146 valence electrons. The van der Waals surface area contributed by atoms with Gasteiger partial charge in [0.15, 0.2) is 0 Å². The van der Waals surface area contributed by atoms with Gasteiger partial charge in [0.05, 0.1) is 12.2 Å². The van der Waals surface area contributed by atoms with Crippen LogP contribution in [-0.2, 0) is 0 Å². The Morgan fingerprint density at radius 3 is 1.33 bits per heavy atom. The molecule has 0 aromatic rings. The van der Waals surface area contributed by atoms with Crippen molar-refractivity contribution in [3.8, 4) is 0 Å². The third-order valence-corrected chi connectivity index (χ3v) is 6.14. The van der Waals surface area contributed by atoms with E-state index in [1.165, 1.54) is 64.2 Å². The van der Waals surface area contributed by atoms with Crippen molar-refractivity contribution >= 4 is 0 Å². The quantitative estimate of drug-likeness (QED) is 0.291. The highest BCUT2D eigenvalue weighted by Crippen LogP contribution is 2.42. The lowest BCUT2D eigenvalue weighted by Crippen LogP contribution is -2.48. The van der Waals surface area contributed by atoms with Crippen molar-refractivity contribution in [2.75, 3.05) is 6.61 Å². The van der Waals surface area contributed by atoms with Gasteiger partial charge in [0, 0.05) is 5.41 Å². The van der Waals surface area contributed by atoms with E-state index < -0.39 is 5.60 Å². The summed E-state index contributed by atoms with van der Waals surface area (Å²) >= 11 is 0. The molecule has 0 radical (unpaired) electrons. The minimum atomic E-state index is -0.702. The first-order valence-electron chi connectivity index (χ1n) is 10.8. The Morgan fingerprint density at radius 1 is 0.625 bits per heavy atom. The van der Waals surface area contributed by atoms with Crippen LogP contribution in [-0.4, -0.2) is 22.4 Å². The van der Waals surface area contributed by atoms with Crippen molar-refractivity contribution in [3.63, 3.8) is 0 Å².